The first-order valence-corrected chi connectivity index (χ1v) is 4.58. The second-order valence-corrected chi connectivity index (χ2v) is 3.03. The number of hydrogen-bond acceptors (Lipinski definition) is 2. The Morgan fingerprint density at radius 1 is 1.62 bits per heavy atom. The molecular formula is C9H15N3O. The van der Waals surface area contributed by atoms with Gasteiger partial charge in [0.25, 0.3) is 0 Å². The number of aryl methyl sites for hydroxylation is 1. The maximum absolute atomic E-state index is 10.8. The van der Waals surface area contributed by atoms with E-state index in [4.69, 9.17) is 5.73 Å². The van der Waals surface area contributed by atoms with Gasteiger partial charge in [0, 0.05) is 11.9 Å². The molecule has 1 aromatic heterocycles. The fourth-order valence-electron chi connectivity index (χ4n) is 1.27. The van der Waals surface area contributed by atoms with Crippen LogP contribution in [-0.2, 0) is 6.42 Å². The van der Waals surface area contributed by atoms with Crippen molar-refractivity contribution in [2.45, 2.75) is 32.6 Å². The maximum Gasteiger partial charge on any atom is 0.339 e. The smallest absolute Gasteiger partial charge is 0.339 e. The summed E-state index contributed by atoms with van der Waals surface area (Å²) in [4.78, 5) is 10.8. The Morgan fingerprint density at radius 2 is 2.38 bits per heavy atom. The van der Waals surface area contributed by atoms with E-state index in [-0.39, 0.29) is 0 Å². The van der Waals surface area contributed by atoms with Gasteiger partial charge in [0.2, 0.25) is 0 Å². The summed E-state index contributed by atoms with van der Waals surface area (Å²) in [6, 6.07) is 1.33. The van der Waals surface area contributed by atoms with Crippen LogP contribution in [0.1, 0.15) is 31.9 Å². The SMILES string of the molecule is CCCCCc1ccnn1C(N)=O. The van der Waals surface area contributed by atoms with Crippen LogP contribution >= 0.6 is 0 Å². The van der Waals surface area contributed by atoms with Gasteiger partial charge in [-0.15, -0.1) is 0 Å². The molecule has 72 valence electrons. The molecule has 0 spiro atoms. The van der Waals surface area contributed by atoms with Crippen molar-refractivity contribution < 1.29 is 4.79 Å². The fourth-order valence-corrected chi connectivity index (χ4v) is 1.27. The molecule has 0 aliphatic rings. The Balaban J connectivity index is 2.55. The van der Waals surface area contributed by atoms with Crippen molar-refractivity contribution >= 4 is 6.03 Å². The molecule has 1 amide bonds. The van der Waals surface area contributed by atoms with Crippen LogP contribution in [0.5, 0.6) is 0 Å². The van der Waals surface area contributed by atoms with E-state index in [1.165, 1.54) is 17.5 Å². The molecule has 0 saturated heterocycles. The third-order valence-corrected chi connectivity index (χ3v) is 1.97. The number of rotatable bonds is 4. The van der Waals surface area contributed by atoms with E-state index in [0.717, 1.165) is 18.5 Å². The van der Waals surface area contributed by atoms with Crippen LogP contribution in [0.2, 0.25) is 0 Å². The van der Waals surface area contributed by atoms with Crippen molar-refractivity contribution in [3.63, 3.8) is 0 Å². The molecule has 4 heteroatoms. The zero-order valence-electron chi connectivity index (χ0n) is 7.86. The molecule has 0 unspecified atom stereocenters. The number of amides is 1. The van der Waals surface area contributed by atoms with E-state index in [1.54, 1.807) is 6.20 Å². The normalized spacial score (nSPS) is 10.2. The Morgan fingerprint density at radius 3 is 3.00 bits per heavy atom. The second-order valence-electron chi connectivity index (χ2n) is 3.03. The summed E-state index contributed by atoms with van der Waals surface area (Å²) >= 11 is 0. The lowest BCUT2D eigenvalue weighted by Gasteiger charge is -2.01. The Labute approximate surface area is 77.7 Å². The monoisotopic (exact) mass is 181 g/mol. The number of nitrogens with two attached hydrogens (primary N) is 1. The van der Waals surface area contributed by atoms with E-state index in [0.29, 0.717) is 0 Å². The molecule has 0 aliphatic heterocycles. The van der Waals surface area contributed by atoms with Gasteiger partial charge in [0.05, 0.1) is 0 Å². The highest BCUT2D eigenvalue weighted by atomic mass is 16.2. The summed E-state index contributed by atoms with van der Waals surface area (Å²) in [5.74, 6) is 0. The number of unbranched alkanes of at least 4 members (excludes halogenated alkanes) is 2. The summed E-state index contributed by atoms with van der Waals surface area (Å²) in [5.41, 5.74) is 6.03. The van der Waals surface area contributed by atoms with Crippen LogP contribution < -0.4 is 5.73 Å². The van der Waals surface area contributed by atoms with Gasteiger partial charge in [-0.3, -0.25) is 0 Å². The van der Waals surface area contributed by atoms with Gasteiger partial charge >= 0.3 is 6.03 Å². The first-order chi connectivity index (χ1) is 6.25. The van der Waals surface area contributed by atoms with Crippen molar-refractivity contribution in [2.24, 2.45) is 5.73 Å². The number of aromatic nitrogens is 2. The molecule has 0 aliphatic carbocycles. The number of carbonyl (C=O) groups is 1. The van der Waals surface area contributed by atoms with Gasteiger partial charge in [-0.1, -0.05) is 19.8 Å². The third kappa shape index (κ3) is 2.57. The molecule has 0 radical (unpaired) electrons. The summed E-state index contributed by atoms with van der Waals surface area (Å²) in [6.45, 7) is 2.14. The molecule has 0 aromatic carbocycles. The maximum atomic E-state index is 10.8. The summed E-state index contributed by atoms with van der Waals surface area (Å²) in [6.07, 6.45) is 5.90. The highest BCUT2D eigenvalue weighted by Crippen LogP contribution is 2.05. The molecule has 13 heavy (non-hydrogen) atoms. The molecule has 0 saturated carbocycles. The van der Waals surface area contributed by atoms with Crippen LogP contribution in [0, 0.1) is 0 Å². The van der Waals surface area contributed by atoms with Gasteiger partial charge in [0.15, 0.2) is 0 Å². The van der Waals surface area contributed by atoms with Crippen molar-refractivity contribution in [1.82, 2.24) is 9.78 Å². The van der Waals surface area contributed by atoms with Gasteiger partial charge in [-0.25, -0.2) is 4.79 Å². The molecule has 4 nitrogen and oxygen atoms in total. The summed E-state index contributed by atoms with van der Waals surface area (Å²) in [7, 11) is 0. The average Bonchev–Trinajstić information content (AvgIpc) is 2.53. The lowest BCUT2D eigenvalue weighted by molar-refractivity contribution is 0.247. The number of hydrogen-bond donors (Lipinski definition) is 1. The highest BCUT2D eigenvalue weighted by Gasteiger charge is 2.05. The first-order valence-electron chi connectivity index (χ1n) is 4.58. The summed E-state index contributed by atoms with van der Waals surface area (Å²) < 4.78 is 1.26. The molecule has 0 atom stereocenters. The zero-order valence-corrected chi connectivity index (χ0v) is 7.86. The molecule has 2 N–H and O–H groups in total. The van der Waals surface area contributed by atoms with Crippen molar-refractivity contribution in [3.8, 4) is 0 Å². The second kappa shape index (κ2) is 4.64. The minimum Gasteiger partial charge on any atom is -0.350 e. The van der Waals surface area contributed by atoms with E-state index >= 15 is 0 Å². The standard InChI is InChI=1S/C9H15N3O/c1-2-3-4-5-8-6-7-11-12(8)9(10)13/h6-7H,2-5H2,1H3,(H2,10,13). The highest BCUT2D eigenvalue weighted by molar-refractivity contribution is 5.74. The predicted molar refractivity (Wildman–Crippen MR) is 50.4 cm³/mol. The van der Waals surface area contributed by atoms with Gasteiger partial charge in [-0.05, 0) is 18.9 Å². The van der Waals surface area contributed by atoms with Crippen LogP contribution in [0.25, 0.3) is 0 Å². The Hall–Kier alpha value is -1.32. The number of nitrogens with zero attached hydrogens (tertiary/aromatic N) is 2. The predicted octanol–water partition coefficient (Wildman–Crippen LogP) is 1.54. The number of carbonyl (C=O) groups excluding carboxylic acids is 1. The number of primary amides is 1. The molecular weight excluding hydrogens is 166 g/mol. The van der Waals surface area contributed by atoms with E-state index in [2.05, 4.69) is 12.0 Å². The van der Waals surface area contributed by atoms with Crippen LogP contribution in [-0.4, -0.2) is 15.8 Å². The van der Waals surface area contributed by atoms with E-state index in [1.807, 2.05) is 6.07 Å². The molecule has 1 aromatic rings. The quantitative estimate of drug-likeness (QED) is 0.716. The van der Waals surface area contributed by atoms with E-state index in [9.17, 15) is 4.79 Å². The molecule has 1 heterocycles. The van der Waals surface area contributed by atoms with Crippen LogP contribution in [0.3, 0.4) is 0 Å². The Kier molecular flexibility index (Phi) is 3.49. The van der Waals surface area contributed by atoms with Gasteiger partial charge in [0.1, 0.15) is 0 Å². The molecule has 0 fully saturated rings. The van der Waals surface area contributed by atoms with Crippen molar-refractivity contribution in [3.05, 3.63) is 18.0 Å². The van der Waals surface area contributed by atoms with Gasteiger partial charge in [-0.2, -0.15) is 9.78 Å². The first kappa shape index (κ1) is 9.77. The van der Waals surface area contributed by atoms with Crippen LogP contribution in [0.4, 0.5) is 4.79 Å². The lowest BCUT2D eigenvalue weighted by atomic mass is 10.1. The minimum absolute atomic E-state index is 0.503. The van der Waals surface area contributed by atoms with E-state index < -0.39 is 6.03 Å². The third-order valence-electron chi connectivity index (χ3n) is 1.97. The molecule has 0 bridgehead atoms. The average molecular weight is 181 g/mol. The van der Waals surface area contributed by atoms with Crippen molar-refractivity contribution in [1.29, 1.82) is 0 Å². The fraction of sp³-hybridized carbons (Fsp3) is 0.556. The Bertz CT molecular complexity index is 280. The lowest BCUT2D eigenvalue weighted by Crippen LogP contribution is -2.22. The topological polar surface area (TPSA) is 60.9 Å². The van der Waals surface area contributed by atoms with Crippen LogP contribution in [0.15, 0.2) is 12.3 Å². The minimum atomic E-state index is -0.503. The van der Waals surface area contributed by atoms with Gasteiger partial charge < -0.3 is 5.73 Å². The largest absolute Gasteiger partial charge is 0.350 e. The molecule has 1 rings (SSSR count). The zero-order chi connectivity index (χ0) is 9.68. The summed E-state index contributed by atoms with van der Waals surface area (Å²) in [5, 5.41) is 3.84. The van der Waals surface area contributed by atoms with Crippen molar-refractivity contribution in [2.75, 3.05) is 0 Å².